The number of carbonyl (C=O) groups excluding carboxylic acids is 1. The number of aliphatic hydroxyl groups excluding tert-OH is 1. The van der Waals surface area contributed by atoms with E-state index < -0.39 is 36.7 Å². The summed E-state index contributed by atoms with van der Waals surface area (Å²) < 4.78 is 23.0. The van der Waals surface area contributed by atoms with Gasteiger partial charge in [0.25, 0.3) is 0 Å². The molecule has 0 unspecified atom stereocenters. The fraction of sp³-hybridized carbons (Fsp3) is 0.409. The van der Waals surface area contributed by atoms with Gasteiger partial charge in [0.2, 0.25) is 0 Å². The molecule has 6 nitrogen and oxygen atoms in total. The largest absolute Gasteiger partial charge is 0.457 e. The highest BCUT2D eigenvalue weighted by Gasteiger charge is 2.47. The number of esters is 1. The van der Waals surface area contributed by atoms with E-state index in [1.807, 2.05) is 60.7 Å². The van der Waals surface area contributed by atoms with Gasteiger partial charge in [0.15, 0.2) is 12.4 Å². The minimum absolute atomic E-state index is 0.276. The number of rotatable bonds is 7. The number of ether oxygens (including phenoxy) is 4. The van der Waals surface area contributed by atoms with Gasteiger partial charge in [-0.3, -0.25) is 4.79 Å². The van der Waals surface area contributed by atoms with Gasteiger partial charge in [-0.15, -0.1) is 0 Å². The van der Waals surface area contributed by atoms with E-state index in [0.29, 0.717) is 6.61 Å². The summed E-state index contributed by atoms with van der Waals surface area (Å²) in [6.07, 6.45) is -3.89. The first-order valence-corrected chi connectivity index (χ1v) is 9.36. The molecule has 0 spiro atoms. The Hall–Kier alpha value is -2.25. The Balaban J connectivity index is 1.76. The molecule has 3 rings (SSSR count). The Morgan fingerprint density at radius 2 is 1.39 bits per heavy atom. The van der Waals surface area contributed by atoms with Crippen molar-refractivity contribution in [1.29, 1.82) is 0 Å². The monoisotopic (exact) mass is 386 g/mol. The molecule has 0 saturated carbocycles. The van der Waals surface area contributed by atoms with Gasteiger partial charge in [0.05, 0.1) is 19.3 Å². The van der Waals surface area contributed by atoms with Crippen LogP contribution in [0.25, 0.3) is 0 Å². The molecule has 0 aromatic heterocycles. The molecule has 6 heteroatoms. The van der Waals surface area contributed by atoms with Crippen LogP contribution in [0.2, 0.25) is 0 Å². The predicted molar refractivity (Wildman–Crippen MR) is 102 cm³/mol. The lowest BCUT2D eigenvalue weighted by Crippen LogP contribution is -2.59. The Kier molecular flexibility index (Phi) is 7.17. The number of hydrogen-bond acceptors (Lipinski definition) is 6. The van der Waals surface area contributed by atoms with Crippen molar-refractivity contribution < 1.29 is 28.8 Å². The molecule has 1 N–H and O–H groups in total. The molecule has 0 amide bonds. The van der Waals surface area contributed by atoms with Gasteiger partial charge in [0.1, 0.15) is 12.2 Å². The standard InChI is InChI=1S/C22H26O6/c1-15-19(28-16(2)23)20(25-13-17-9-5-3-6-10-17)21(22(24)27-15)26-14-18-11-7-4-8-12-18/h3-12,15,19-22,24H,13-14H2,1-2H3/t15-,19-,20+,21+,22+/m0/s1. The quantitative estimate of drug-likeness (QED) is 0.738. The van der Waals surface area contributed by atoms with Crippen LogP contribution in [0.15, 0.2) is 60.7 Å². The Morgan fingerprint density at radius 1 is 0.893 bits per heavy atom. The van der Waals surface area contributed by atoms with Crippen LogP contribution < -0.4 is 0 Å². The maximum Gasteiger partial charge on any atom is 0.303 e. The molecule has 0 aliphatic carbocycles. The lowest BCUT2D eigenvalue weighted by atomic mass is 9.99. The Labute approximate surface area is 165 Å². The summed E-state index contributed by atoms with van der Waals surface area (Å²) in [5, 5.41) is 10.5. The number of aliphatic hydroxyl groups is 1. The van der Waals surface area contributed by atoms with Crippen LogP contribution in [0, 0.1) is 0 Å². The zero-order valence-electron chi connectivity index (χ0n) is 16.1. The maximum absolute atomic E-state index is 11.6. The molecule has 1 saturated heterocycles. The highest BCUT2D eigenvalue weighted by atomic mass is 16.7. The van der Waals surface area contributed by atoms with E-state index >= 15 is 0 Å². The van der Waals surface area contributed by atoms with Crippen molar-refractivity contribution in [1.82, 2.24) is 0 Å². The predicted octanol–water partition coefficient (Wildman–Crippen LogP) is 2.83. The summed E-state index contributed by atoms with van der Waals surface area (Å²) in [5.41, 5.74) is 1.93. The van der Waals surface area contributed by atoms with Crippen molar-refractivity contribution in [3.63, 3.8) is 0 Å². The van der Waals surface area contributed by atoms with Gasteiger partial charge in [-0.2, -0.15) is 0 Å². The third-order valence-electron chi connectivity index (χ3n) is 4.62. The van der Waals surface area contributed by atoms with Crippen molar-refractivity contribution in [2.24, 2.45) is 0 Å². The molecule has 150 valence electrons. The van der Waals surface area contributed by atoms with Crippen molar-refractivity contribution in [2.75, 3.05) is 0 Å². The lowest BCUT2D eigenvalue weighted by Gasteiger charge is -2.43. The summed E-state index contributed by atoms with van der Waals surface area (Å²) in [6, 6.07) is 19.3. The van der Waals surface area contributed by atoms with Crippen LogP contribution in [0.1, 0.15) is 25.0 Å². The summed E-state index contributed by atoms with van der Waals surface area (Å²) in [7, 11) is 0. The van der Waals surface area contributed by atoms with Crippen LogP contribution in [0.3, 0.4) is 0 Å². The van der Waals surface area contributed by atoms with Gasteiger partial charge in [-0.05, 0) is 18.1 Å². The van der Waals surface area contributed by atoms with Gasteiger partial charge >= 0.3 is 5.97 Å². The molecular weight excluding hydrogens is 360 g/mol. The lowest BCUT2D eigenvalue weighted by molar-refractivity contribution is -0.302. The van der Waals surface area contributed by atoms with E-state index in [1.165, 1.54) is 6.92 Å². The average molecular weight is 386 g/mol. The fourth-order valence-corrected chi connectivity index (χ4v) is 3.25. The summed E-state index contributed by atoms with van der Waals surface area (Å²) in [5.74, 6) is -0.438. The van der Waals surface area contributed by atoms with E-state index in [2.05, 4.69) is 0 Å². The van der Waals surface area contributed by atoms with E-state index in [4.69, 9.17) is 18.9 Å². The van der Waals surface area contributed by atoms with Crippen LogP contribution in [-0.4, -0.2) is 41.8 Å². The molecule has 28 heavy (non-hydrogen) atoms. The minimum atomic E-state index is -1.19. The molecule has 5 atom stereocenters. The first kappa shape index (κ1) is 20.5. The minimum Gasteiger partial charge on any atom is -0.457 e. The summed E-state index contributed by atoms with van der Waals surface area (Å²) >= 11 is 0. The zero-order chi connectivity index (χ0) is 19.9. The van der Waals surface area contributed by atoms with Gasteiger partial charge in [-0.25, -0.2) is 0 Å². The second kappa shape index (κ2) is 9.80. The van der Waals surface area contributed by atoms with E-state index in [-0.39, 0.29) is 6.61 Å². The second-order valence-electron chi connectivity index (χ2n) is 6.83. The van der Waals surface area contributed by atoms with E-state index in [0.717, 1.165) is 11.1 Å². The summed E-state index contributed by atoms with van der Waals surface area (Å²) in [6.45, 7) is 3.65. The van der Waals surface area contributed by atoms with Crippen LogP contribution in [-0.2, 0) is 37.0 Å². The highest BCUT2D eigenvalue weighted by Crippen LogP contribution is 2.28. The van der Waals surface area contributed by atoms with Crippen LogP contribution in [0.5, 0.6) is 0 Å². The molecule has 1 aliphatic heterocycles. The molecule has 0 radical (unpaired) electrons. The Morgan fingerprint density at radius 3 is 1.89 bits per heavy atom. The van der Waals surface area contributed by atoms with Gasteiger partial charge in [0, 0.05) is 6.92 Å². The molecule has 1 fully saturated rings. The molecule has 1 heterocycles. The van der Waals surface area contributed by atoms with Crippen LogP contribution in [0.4, 0.5) is 0 Å². The van der Waals surface area contributed by atoms with Crippen molar-refractivity contribution in [3.8, 4) is 0 Å². The van der Waals surface area contributed by atoms with Crippen molar-refractivity contribution >= 4 is 5.97 Å². The van der Waals surface area contributed by atoms with Crippen LogP contribution >= 0.6 is 0 Å². The fourth-order valence-electron chi connectivity index (χ4n) is 3.25. The van der Waals surface area contributed by atoms with E-state index in [1.54, 1.807) is 6.92 Å². The van der Waals surface area contributed by atoms with Gasteiger partial charge in [-0.1, -0.05) is 60.7 Å². The average Bonchev–Trinajstić information content (AvgIpc) is 2.69. The molecule has 2 aromatic carbocycles. The molecule has 1 aliphatic rings. The summed E-state index contributed by atoms with van der Waals surface area (Å²) in [4.78, 5) is 11.6. The number of carbonyl (C=O) groups is 1. The third kappa shape index (κ3) is 5.39. The first-order valence-electron chi connectivity index (χ1n) is 9.36. The van der Waals surface area contributed by atoms with Crippen molar-refractivity contribution in [2.45, 2.75) is 57.8 Å². The van der Waals surface area contributed by atoms with E-state index in [9.17, 15) is 9.90 Å². The Bertz CT molecular complexity index is 735. The normalized spacial score (nSPS) is 27.3. The maximum atomic E-state index is 11.6. The topological polar surface area (TPSA) is 74.2 Å². The van der Waals surface area contributed by atoms with Crippen molar-refractivity contribution in [3.05, 3.63) is 71.8 Å². The third-order valence-corrected chi connectivity index (χ3v) is 4.62. The molecule has 2 aromatic rings. The molecule has 0 bridgehead atoms. The highest BCUT2D eigenvalue weighted by molar-refractivity contribution is 5.66. The number of hydrogen-bond donors (Lipinski definition) is 1. The zero-order valence-corrected chi connectivity index (χ0v) is 16.1. The first-order chi connectivity index (χ1) is 13.5. The second-order valence-corrected chi connectivity index (χ2v) is 6.83. The number of benzene rings is 2. The molecular formula is C22H26O6. The smallest absolute Gasteiger partial charge is 0.303 e. The SMILES string of the molecule is CC(=O)O[C@@H]1[C@@H](OCc2ccccc2)[C@@H](OCc2ccccc2)[C@H](O)O[C@H]1C. The van der Waals surface area contributed by atoms with Gasteiger partial charge < -0.3 is 24.1 Å².